The number of nitrogens with zero attached hydrogens (tertiary/aromatic N) is 2. The van der Waals surface area contributed by atoms with Crippen LogP contribution in [0.4, 0.5) is 0 Å². The van der Waals surface area contributed by atoms with Gasteiger partial charge >= 0.3 is 0 Å². The SMILES string of the molecule is COCCOCCCn1ccnc(Cl)c1=O. The molecular weight excluding hydrogens is 232 g/mol. The molecule has 6 heteroatoms. The van der Waals surface area contributed by atoms with Gasteiger partial charge in [-0.1, -0.05) is 11.6 Å². The minimum atomic E-state index is -0.263. The normalized spacial score (nSPS) is 10.6. The van der Waals surface area contributed by atoms with E-state index in [2.05, 4.69) is 4.98 Å². The van der Waals surface area contributed by atoms with E-state index in [0.29, 0.717) is 26.4 Å². The Balaban J connectivity index is 2.27. The molecule has 0 bridgehead atoms. The Labute approximate surface area is 99.0 Å². The molecule has 1 heterocycles. The van der Waals surface area contributed by atoms with Crippen LogP contribution in [0.15, 0.2) is 17.2 Å². The molecule has 0 aliphatic rings. The Morgan fingerprint density at radius 1 is 1.44 bits per heavy atom. The van der Waals surface area contributed by atoms with Gasteiger partial charge in [0.05, 0.1) is 13.2 Å². The maximum atomic E-state index is 11.4. The summed E-state index contributed by atoms with van der Waals surface area (Å²) < 4.78 is 11.6. The highest BCUT2D eigenvalue weighted by molar-refractivity contribution is 6.29. The molecule has 0 atom stereocenters. The van der Waals surface area contributed by atoms with Gasteiger partial charge in [0.15, 0.2) is 5.15 Å². The summed E-state index contributed by atoms with van der Waals surface area (Å²) in [5.74, 6) is 0. The first kappa shape index (κ1) is 13.2. The number of ether oxygens (including phenoxy) is 2. The van der Waals surface area contributed by atoms with Gasteiger partial charge in [-0.2, -0.15) is 0 Å². The maximum absolute atomic E-state index is 11.4. The third-order valence-corrected chi connectivity index (χ3v) is 2.25. The van der Waals surface area contributed by atoms with Crippen molar-refractivity contribution in [1.82, 2.24) is 9.55 Å². The third kappa shape index (κ3) is 4.30. The monoisotopic (exact) mass is 246 g/mol. The predicted molar refractivity (Wildman–Crippen MR) is 60.8 cm³/mol. The number of aryl methyl sites for hydroxylation is 1. The van der Waals surface area contributed by atoms with Crippen LogP contribution in [0.2, 0.25) is 5.15 Å². The van der Waals surface area contributed by atoms with Gasteiger partial charge in [0, 0.05) is 32.7 Å². The summed E-state index contributed by atoms with van der Waals surface area (Å²) in [5, 5.41) is 0.00259. The molecule has 0 spiro atoms. The van der Waals surface area contributed by atoms with E-state index in [9.17, 15) is 4.79 Å². The smallest absolute Gasteiger partial charge is 0.288 e. The Morgan fingerprint density at radius 3 is 3.00 bits per heavy atom. The minimum absolute atomic E-state index is 0.00259. The van der Waals surface area contributed by atoms with Crippen LogP contribution in [0, 0.1) is 0 Å². The van der Waals surface area contributed by atoms with E-state index in [0.717, 1.165) is 6.42 Å². The first-order valence-corrected chi connectivity index (χ1v) is 5.41. The molecule has 0 amide bonds. The van der Waals surface area contributed by atoms with Crippen molar-refractivity contribution in [3.05, 3.63) is 27.9 Å². The molecule has 0 aliphatic heterocycles. The molecule has 0 fully saturated rings. The van der Waals surface area contributed by atoms with Crippen molar-refractivity contribution in [3.8, 4) is 0 Å². The molecular formula is C10H15ClN2O3. The first-order chi connectivity index (χ1) is 7.75. The number of hydrogen-bond donors (Lipinski definition) is 0. The van der Waals surface area contributed by atoms with Gasteiger partial charge in [-0.05, 0) is 6.42 Å². The van der Waals surface area contributed by atoms with Gasteiger partial charge in [0.25, 0.3) is 5.56 Å². The van der Waals surface area contributed by atoms with E-state index in [1.807, 2.05) is 0 Å². The average molecular weight is 247 g/mol. The third-order valence-electron chi connectivity index (χ3n) is 1.99. The lowest BCUT2D eigenvalue weighted by molar-refractivity contribution is 0.0679. The topological polar surface area (TPSA) is 53.4 Å². The van der Waals surface area contributed by atoms with E-state index >= 15 is 0 Å². The second-order valence-electron chi connectivity index (χ2n) is 3.18. The molecule has 0 saturated carbocycles. The fourth-order valence-electron chi connectivity index (χ4n) is 1.18. The van der Waals surface area contributed by atoms with Gasteiger partial charge in [0.2, 0.25) is 0 Å². The summed E-state index contributed by atoms with van der Waals surface area (Å²) in [6.45, 7) is 2.33. The predicted octanol–water partition coefficient (Wildman–Crippen LogP) is 0.950. The van der Waals surface area contributed by atoms with E-state index in [-0.39, 0.29) is 10.7 Å². The van der Waals surface area contributed by atoms with E-state index in [4.69, 9.17) is 21.1 Å². The fraction of sp³-hybridized carbons (Fsp3) is 0.600. The summed E-state index contributed by atoms with van der Waals surface area (Å²) in [6, 6.07) is 0. The van der Waals surface area contributed by atoms with Crippen LogP contribution in [0.1, 0.15) is 6.42 Å². The molecule has 0 N–H and O–H groups in total. The van der Waals surface area contributed by atoms with Gasteiger partial charge in [0.1, 0.15) is 0 Å². The van der Waals surface area contributed by atoms with Crippen molar-refractivity contribution in [2.75, 3.05) is 26.9 Å². The summed E-state index contributed by atoms with van der Waals surface area (Å²) >= 11 is 5.60. The van der Waals surface area contributed by atoms with Crippen molar-refractivity contribution in [1.29, 1.82) is 0 Å². The van der Waals surface area contributed by atoms with Crippen molar-refractivity contribution in [2.24, 2.45) is 0 Å². The van der Waals surface area contributed by atoms with Crippen molar-refractivity contribution in [2.45, 2.75) is 13.0 Å². The van der Waals surface area contributed by atoms with E-state index < -0.39 is 0 Å². The Hall–Kier alpha value is -0.910. The molecule has 0 aromatic carbocycles. The molecule has 0 saturated heterocycles. The van der Waals surface area contributed by atoms with Crippen LogP contribution in [-0.4, -0.2) is 36.5 Å². The van der Waals surface area contributed by atoms with Gasteiger partial charge in [-0.25, -0.2) is 4.98 Å². The zero-order chi connectivity index (χ0) is 11.8. The number of aromatic nitrogens is 2. The van der Waals surface area contributed by atoms with Crippen LogP contribution in [0.3, 0.4) is 0 Å². The molecule has 0 aliphatic carbocycles. The summed E-state index contributed by atoms with van der Waals surface area (Å²) in [4.78, 5) is 15.1. The molecule has 0 radical (unpaired) electrons. The fourth-order valence-corrected chi connectivity index (χ4v) is 1.34. The number of rotatable bonds is 7. The lowest BCUT2D eigenvalue weighted by Crippen LogP contribution is -2.21. The van der Waals surface area contributed by atoms with Crippen molar-refractivity contribution < 1.29 is 9.47 Å². The molecule has 1 rings (SSSR count). The number of halogens is 1. The maximum Gasteiger partial charge on any atom is 0.288 e. The van der Waals surface area contributed by atoms with Crippen LogP contribution < -0.4 is 5.56 Å². The molecule has 1 aromatic heterocycles. The summed E-state index contributed by atoms with van der Waals surface area (Å²) in [6.07, 6.45) is 3.88. The first-order valence-electron chi connectivity index (χ1n) is 5.03. The van der Waals surface area contributed by atoms with Crippen LogP contribution in [0.25, 0.3) is 0 Å². The lowest BCUT2D eigenvalue weighted by Gasteiger charge is -2.06. The van der Waals surface area contributed by atoms with E-state index in [1.165, 1.54) is 10.8 Å². The van der Waals surface area contributed by atoms with Gasteiger partial charge in [-0.15, -0.1) is 0 Å². The number of hydrogen-bond acceptors (Lipinski definition) is 4. The van der Waals surface area contributed by atoms with Gasteiger partial charge in [-0.3, -0.25) is 4.79 Å². The van der Waals surface area contributed by atoms with Crippen molar-refractivity contribution in [3.63, 3.8) is 0 Å². The average Bonchev–Trinajstić information content (AvgIpc) is 2.29. The molecule has 0 unspecified atom stereocenters. The lowest BCUT2D eigenvalue weighted by atomic mass is 10.4. The van der Waals surface area contributed by atoms with Crippen molar-refractivity contribution >= 4 is 11.6 Å². The molecule has 90 valence electrons. The standard InChI is InChI=1S/C10H15ClN2O3/c1-15-7-8-16-6-2-4-13-5-3-12-9(11)10(13)14/h3,5H,2,4,6-8H2,1H3. The second-order valence-corrected chi connectivity index (χ2v) is 3.53. The zero-order valence-electron chi connectivity index (χ0n) is 9.19. The molecule has 5 nitrogen and oxygen atoms in total. The van der Waals surface area contributed by atoms with Crippen LogP contribution in [0.5, 0.6) is 0 Å². The molecule has 16 heavy (non-hydrogen) atoms. The van der Waals surface area contributed by atoms with Crippen LogP contribution >= 0.6 is 11.6 Å². The highest BCUT2D eigenvalue weighted by Crippen LogP contribution is 1.95. The quantitative estimate of drug-likeness (QED) is 0.673. The second kappa shape index (κ2) is 7.38. The van der Waals surface area contributed by atoms with E-state index in [1.54, 1.807) is 13.3 Å². The minimum Gasteiger partial charge on any atom is -0.382 e. The van der Waals surface area contributed by atoms with Crippen LogP contribution in [-0.2, 0) is 16.0 Å². The zero-order valence-corrected chi connectivity index (χ0v) is 9.94. The summed E-state index contributed by atoms with van der Waals surface area (Å²) in [7, 11) is 1.63. The largest absolute Gasteiger partial charge is 0.382 e. The highest BCUT2D eigenvalue weighted by atomic mass is 35.5. The number of methoxy groups -OCH3 is 1. The molecule has 1 aromatic rings. The summed E-state index contributed by atoms with van der Waals surface area (Å²) in [5.41, 5.74) is -0.263. The highest BCUT2D eigenvalue weighted by Gasteiger charge is 2.00. The Bertz CT molecular complexity index is 367. The Kier molecular flexibility index (Phi) is 6.07. The van der Waals surface area contributed by atoms with Gasteiger partial charge < -0.3 is 14.0 Å². The Morgan fingerprint density at radius 2 is 2.25 bits per heavy atom.